The molecule has 0 aliphatic rings. The summed E-state index contributed by atoms with van der Waals surface area (Å²) in [5.41, 5.74) is 3.60. The molecule has 5 nitrogen and oxygen atoms in total. The number of hydrogen-bond donors (Lipinski definition) is 1. The molecule has 0 bridgehead atoms. The van der Waals surface area contributed by atoms with Gasteiger partial charge in [-0.05, 0) is 51.0 Å². The zero-order valence-corrected chi connectivity index (χ0v) is 12.0. The van der Waals surface area contributed by atoms with Crippen molar-refractivity contribution in [2.75, 3.05) is 0 Å². The monoisotopic (exact) mass is 275 g/mol. The summed E-state index contributed by atoms with van der Waals surface area (Å²) in [4.78, 5) is 11.0. The molecule has 2 aromatic rings. The number of hydrogen-bond acceptors (Lipinski definition) is 4. The minimum atomic E-state index is -0.937. The summed E-state index contributed by atoms with van der Waals surface area (Å²) < 4.78 is 10.9. The molecule has 20 heavy (non-hydrogen) atoms. The maximum Gasteiger partial charge on any atom is 0.335 e. The summed E-state index contributed by atoms with van der Waals surface area (Å²) in [6.45, 7) is 7.73. The van der Waals surface area contributed by atoms with Crippen LogP contribution in [0.5, 0.6) is 5.75 Å². The summed E-state index contributed by atoms with van der Waals surface area (Å²) in [5, 5.41) is 12.9. The standard InChI is InChI=1S/C15H17NO4/c1-8-5-12(15(17)18)6-9(2)14(8)19-7-13-10(3)16-20-11(13)4/h5-6H,7H2,1-4H3,(H,17,18). The molecule has 0 spiro atoms. The van der Waals surface area contributed by atoms with Gasteiger partial charge in [-0.3, -0.25) is 0 Å². The Balaban J connectivity index is 2.24. The minimum Gasteiger partial charge on any atom is -0.488 e. The van der Waals surface area contributed by atoms with Crippen LogP contribution in [0.2, 0.25) is 0 Å². The molecular weight excluding hydrogens is 258 g/mol. The first-order valence-corrected chi connectivity index (χ1v) is 6.29. The topological polar surface area (TPSA) is 72.6 Å². The second kappa shape index (κ2) is 5.36. The van der Waals surface area contributed by atoms with Crippen LogP contribution in [0.4, 0.5) is 0 Å². The number of rotatable bonds is 4. The lowest BCUT2D eigenvalue weighted by Gasteiger charge is -2.13. The van der Waals surface area contributed by atoms with Gasteiger partial charge in [0.1, 0.15) is 18.1 Å². The molecule has 0 saturated carbocycles. The average molecular weight is 275 g/mol. The second-order valence-corrected chi connectivity index (χ2v) is 4.84. The Morgan fingerprint density at radius 2 is 1.85 bits per heavy atom. The number of carboxylic acids is 1. The molecule has 0 radical (unpaired) electrons. The maximum absolute atomic E-state index is 11.0. The molecular formula is C15H17NO4. The Morgan fingerprint density at radius 3 is 2.30 bits per heavy atom. The van der Waals surface area contributed by atoms with Crippen LogP contribution in [-0.4, -0.2) is 16.2 Å². The van der Waals surface area contributed by atoms with E-state index in [1.807, 2.05) is 27.7 Å². The predicted octanol–water partition coefficient (Wildman–Crippen LogP) is 3.19. The first-order valence-electron chi connectivity index (χ1n) is 6.29. The van der Waals surface area contributed by atoms with Gasteiger partial charge < -0.3 is 14.4 Å². The molecule has 1 N–H and O–H groups in total. The Hall–Kier alpha value is -2.30. The van der Waals surface area contributed by atoms with Crippen LogP contribution in [0.1, 0.15) is 38.5 Å². The van der Waals surface area contributed by atoms with Crippen LogP contribution in [-0.2, 0) is 6.61 Å². The molecule has 0 aliphatic carbocycles. The smallest absolute Gasteiger partial charge is 0.335 e. The zero-order valence-electron chi connectivity index (χ0n) is 12.0. The highest BCUT2D eigenvalue weighted by Gasteiger charge is 2.13. The van der Waals surface area contributed by atoms with Crippen molar-refractivity contribution >= 4 is 5.97 Å². The van der Waals surface area contributed by atoms with E-state index in [1.54, 1.807) is 12.1 Å². The molecule has 0 saturated heterocycles. The fourth-order valence-electron chi connectivity index (χ4n) is 2.15. The van der Waals surface area contributed by atoms with Crippen molar-refractivity contribution in [3.63, 3.8) is 0 Å². The van der Waals surface area contributed by atoms with Gasteiger partial charge in [0, 0.05) is 0 Å². The largest absolute Gasteiger partial charge is 0.488 e. The number of carbonyl (C=O) groups is 1. The van der Waals surface area contributed by atoms with Gasteiger partial charge in [0.25, 0.3) is 0 Å². The van der Waals surface area contributed by atoms with Gasteiger partial charge in [-0.15, -0.1) is 0 Å². The van der Waals surface area contributed by atoms with Gasteiger partial charge in [0.15, 0.2) is 0 Å². The third-order valence-corrected chi connectivity index (χ3v) is 3.25. The van der Waals surface area contributed by atoms with E-state index in [4.69, 9.17) is 14.4 Å². The lowest BCUT2D eigenvalue weighted by molar-refractivity contribution is 0.0696. The van der Waals surface area contributed by atoms with Crippen molar-refractivity contribution in [1.82, 2.24) is 5.16 Å². The van der Waals surface area contributed by atoms with E-state index in [2.05, 4.69) is 5.16 Å². The molecule has 5 heteroatoms. The quantitative estimate of drug-likeness (QED) is 0.927. The highest BCUT2D eigenvalue weighted by Crippen LogP contribution is 2.26. The Labute approximate surface area is 117 Å². The lowest BCUT2D eigenvalue weighted by Crippen LogP contribution is -2.03. The molecule has 0 unspecified atom stereocenters. The molecule has 0 amide bonds. The van der Waals surface area contributed by atoms with Crippen LogP contribution in [0.15, 0.2) is 16.7 Å². The number of aromatic carboxylic acids is 1. The van der Waals surface area contributed by atoms with Crippen molar-refractivity contribution in [3.05, 3.63) is 45.8 Å². The van der Waals surface area contributed by atoms with Crippen molar-refractivity contribution in [1.29, 1.82) is 0 Å². The molecule has 1 aromatic heterocycles. The van der Waals surface area contributed by atoms with Crippen molar-refractivity contribution in [2.45, 2.75) is 34.3 Å². The fraction of sp³-hybridized carbons (Fsp3) is 0.333. The summed E-state index contributed by atoms with van der Waals surface area (Å²) in [5.74, 6) is 0.503. The molecule has 0 fully saturated rings. The molecule has 106 valence electrons. The van der Waals surface area contributed by atoms with Crippen LogP contribution >= 0.6 is 0 Å². The van der Waals surface area contributed by atoms with E-state index in [1.165, 1.54) is 0 Å². The predicted molar refractivity (Wildman–Crippen MR) is 73.2 cm³/mol. The Kier molecular flexibility index (Phi) is 3.79. The number of nitrogens with zero attached hydrogens (tertiary/aromatic N) is 1. The Morgan fingerprint density at radius 1 is 1.25 bits per heavy atom. The normalized spacial score (nSPS) is 10.6. The van der Waals surface area contributed by atoms with E-state index in [-0.39, 0.29) is 5.56 Å². The van der Waals surface area contributed by atoms with Crippen LogP contribution in [0.3, 0.4) is 0 Å². The van der Waals surface area contributed by atoms with Gasteiger partial charge >= 0.3 is 5.97 Å². The highest BCUT2D eigenvalue weighted by molar-refractivity contribution is 5.88. The van der Waals surface area contributed by atoms with E-state index < -0.39 is 5.97 Å². The second-order valence-electron chi connectivity index (χ2n) is 4.84. The van der Waals surface area contributed by atoms with Crippen molar-refractivity contribution in [3.8, 4) is 5.75 Å². The van der Waals surface area contributed by atoms with Gasteiger partial charge in [-0.25, -0.2) is 4.79 Å². The van der Waals surface area contributed by atoms with Crippen LogP contribution in [0, 0.1) is 27.7 Å². The molecule has 0 atom stereocenters. The number of ether oxygens (including phenoxy) is 1. The number of benzene rings is 1. The van der Waals surface area contributed by atoms with Crippen molar-refractivity contribution < 1.29 is 19.2 Å². The van der Waals surface area contributed by atoms with E-state index in [0.29, 0.717) is 12.4 Å². The van der Waals surface area contributed by atoms with Crippen molar-refractivity contribution in [2.24, 2.45) is 0 Å². The fourth-order valence-corrected chi connectivity index (χ4v) is 2.15. The third kappa shape index (κ3) is 2.66. The number of aromatic nitrogens is 1. The molecule has 1 heterocycles. The van der Waals surface area contributed by atoms with E-state index in [0.717, 1.165) is 28.1 Å². The summed E-state index contributed by atoms with van der Waals surface area (Å²) in [6.07, 6.45) is 0. The summed E-state index contributed by atoms with van der Waals surface area (Å²) in [7, 11) is 0. The lowest BCUT2D eigenvalue weighted by atomic mass is 10.1. The summed E-state index contributed by atoms with van der Waals surface area (Å²) >= 11 is 0. The van der Waals surface area contributed by atoms with E-state index in [9.17, 15) is 4.79 Å². The minimum absolute atomic E-state index is 0.268. The van der Waals surface area contributed by atoms with E-state index >= 15 is 0 Å². The van der Waals surface area contributed by atoms with Crippen LogP contribution in [0.25, 0.3) is 0 Å². The SMILES string of the molecule is Cc1cc(C(=O)O)cc(C)c1OCc1c(C)noc1C. The number of carboxylic acid groups (broad SMARTS) is 1. The highest BCUT2D eigenvalue weighted by atomic mass is 16.5. The van der Waals surface area contributed by atoms with Gasteiger partial charge in [0.05, 0.1) is 16.8 Å². The molecule has 0 aliphatic heterocycles. The third-order valence-electron chi connectivity index (χ3n) is 3.25. The first-order chi connectivity index (χ1) is 9.40. The Bertz CT molecular complexity index is 615. The van der Waals surface area contributed by atoms with Gasteiger partial charge in [0.2, 0.25) is 0 Å². The molecule has 1 aromatic carbocycles. The molecule has 2 rings (SSSR count). The van der Waals surface area contributed by atoms with Crippen LogP contribution < -0.4 is 4.74 Å². The summed E-state index contributed by atoms with van der Waals surface area (Å²) in [6, 6.07) is 3.22. The maximum atomic E-state index is 11.0. The zero-order chi connectivity index (χ0) is 14.9. The average Bonchev–Trinajstić information content (AvgIpc) is 2.68. The first kappa shape index (κ1) is 14.1. The van der Waals surface area contributed by atoms with Gasteiger partial charge in [-0.1, -0.05) is 5.16 Å². The van der Waals surface area contributed by atoms with Gasteiger partial charge in [-0.2, -0.15) is 0 Å². The number of aryl methyl sites for hydroxylation is 4.